The highest BCUT2D eigenvalue weighted by molar-refractivity contribution is 9.10. The number of halogens is 2. The SMILES string of the molecule is O[C@@H](c1cc2cc(Br)ccc2c2cc(Br)ccc12)[C@@H]1CCCCN1. The molecule has 3 aromatic carbocycles. The molecule has 0 aromatic heterocycles. The van der Waals surface area contributed by atoms with Crippen LogP contribution in [0.5, 0.6) is 0 Å². The van der Waals surface area contributed by atoms with Crippen LogP contribution >= 0.6 is 31.9 Å². The Bertz CT molecular complexity index is 903. The summed E-state index contributed by atoms with van der Waals surface area (Å²) in [4.78, 5) is 0. The molecule has 4 heteroatoms. The van der Waals surface area contributed by atoms with Gasteiger partial charge in [0.25, 0.3) is 0 Å². The predicted octanol–water partition coefficient (Wildman–Crippen LogP) is 5.69. The van der Waals surface area contributed by atoms with Crippen LogP contribution in [0.2, 0.25) is 0 Å². The maximum absolute atomic E-state index is 11.1. The van der Waals surface area contributed by atoms with E-state index in [-0.39, 0.29) is 6.04 Å². The summed E-state index contributed by atoms with van der Waals surface area (Å²) in [7, 11) is 0. The van der Waals surface area contributed by atoms with E-state index in [0.29, 0.717) is 0 Å². The van der Waals surface area contributed by atoms with Crippen LogP contribution in [0.3, 0.4) is 0 Å². The van der Waals surface area contributed by atoms with Gasteiger partial charge in [0.2, 0.25) is 0 Å². The molecule has 3 aromatic rings. The molecule has 1 aliphatic rings. The van der Waals surface area contributed by atoms with Crippen LogP contribution in [-0.4, -0.2) is 17.7 Å². The average molecular weight is 449 g/mol. The lowest BCUT2D eigenvalue weighted by atomic mass is 9.89. The lowest BCUT2D eigenvalue weighted by Crippen LogP contribution is -2.38. The average Bonchev–Trinajstić information content (AvgIpc) is 2.60. The Labute approximate surface area is 158 Å². The fourth-order valence-electron chi connectivity index (χ4n) is 3.74. The molecule has 2 N–H and O–H groups in total. The molecular weight excluding hydrogens is 430 g/mol. The summed E-state index contributed by atoms with van der Waals surface area (Å²) < 4.78 is 2.11. The first-order chi connectivity index (χ1) is 11.6. The van der Waals surface area contributed by atoms with Crippen molar-refractivity contribution in [2.24, 2.45) is 0 Å². The van der Waals surface area contributed by atoms with Crippen LogP contribution < -0.4 is 5.32 Å². The van der Waals surface area contributed by atoms with Crippen molar-refractivity contribution in [3.05, 3.63) is 57.0 Å². The molecule has 1 heterocycles. The maximum Gasteiger partial charge on any atom is 0.0949 e. The molecule has 1 aliphatic heterocycles. The van der Waals surface area contributed by atoms with Crippen LogP contribution in [0, 0.1) is 0 Å². The van der Waals surface area contributed by atoms with Gasteiger partial charge in [-0.05, 0) is 76.8 Å². The predicted molar refractivity (Wildman–Crippen MR) is 107 cm³/mol. The van der Waals surface area contributed by atoms with Gasteiger partial charge in [0.05, 0.1) is 6.10 Å². The smallest absolute Gasteiger partial charge is 0.0949 e. The Morgan fingerprint density at radius 2 is 1.67 bits per heavy atom. The molecule has 0 radical (unpaired) electrons. The van der Waals surface area contributed by atoms with E-state index >= 15 is 0 Å². The zero-order valence-electron chi connectivity index (χ0n) is 13.2. The fourth-order valence-corrected chi connectivity index (χ4v) is 4.48. The zero-order chi connectivity index (χ0) is 16.7. The van der Waals surface area contributed by atoms with Gasteiger partial charge in [-0.25, -0.2) is 0 Å². The van der Waals surface area contributed by atoms with E-state index in [9.17, 15) is 5.11 Å². The standard InChI is InChI=1S/C20H19Br2NO/c21-13-4-6-15-12(9-13)10-18(16-7-5-14(22)11-17(15)16)20(24)19-3-1-2-8-23-19/h4-7,9-11,19-20,23-24H,1-3,8H2/t19-,20-/m0/s1. The molecule has 124 valence electrons. The third-order valence-electron chi connectivity index (χ3n) is 4.96. The lowest BCUT2D eigenvalue weighted by molar-refractivity contribution is 0.115. The molecule has 2 nitrogen and oxygen atoms in total. The minimum Gasteiger partial charge on any atom is -0.387 e. The molecule has 0 aliphatic carbocycles. The van der Waals surface area contributed by atoms with E-state index in [2.05, 4.69) is 79.6 Å². The van der Waals surface area contributed by atoms with Crippen LogP contribution in [0.4, 0.5) is 0 Å². The van der Waals surface area contributed by atoms with Crippen molar-refractivity contribution in [2.45, 2.75) is 31.4 Å². The highest BCUT2D eigenvalue weighted by Crippen LogP contribution is 2.36. The highest BCUT2D eigenvalue weighted by Gasteiger charge is 2.24. The molecule has 0 spiro atoms. The van der Waals surface area contributed by atoms with E-state index in [1.54, 1.807) is 0 Å². The molecule has 0 amide bonds. The number of aliphatic hydroxyl groups is 1. The minimum absolute atomic E-state index is 0.134. The second-order valence-corrected chi connectivity index (χ2v) is 8.35. The molecule has 1 fully saturated rings. The summed E-state index contributed by atoms with van der Waals surface area (Å²) in [5.74, 6) is 0. The number of hydrogen-bond donors (Lipinski definition) is 2. The third-order valence-corrected chi connectivity index (χ3v) is 5.94. The van der Waals surface area contributed by atoms with Gasteiger partial charge in [0, 0.05) is 15.0 Å². The van der Waals surface area contributed by atoms with Crippen molar-refractivity contribution >= 4 is 53.4 Å². The Morgan fingerprint density at radius 3 is 2.42 bits per heavy atom. The molecule has 4 rings (SSSR count). The number of rotatable bonds is 2. The summed E-state index contributed by atoms with van der Waals surface area (Å²) in [5, 5.41) is 19.2. The number of aliphatic hydroxyl groups excluding tert-OH is 1. The van der Waals surface area contributed by atoms with Crippen LogP contribution in [-0.2, 0) is 0 Å². The molecule has 24 heavy (non-hydrogen) atoms. The van der Waals surface area contributed by atoms with Gasteiger partial charge >= 0.3 is 0 Å². The highest BCUT2D eigenvalue weighted by atomic mass is 79.9. The van der Waals surface area contributed by atoms with Crippen LogP contribution in [0.1, 0.15) is 30.9 Å². The summed E-state index contributed by atoms with van der Waals surface area (Å²) in [6.07, 6.45) is 2.91. The van der Waals surface area contributed by atoms with Crippen molar-refractivity contribution < 1.29 is 5.11 Å². The maximum atomic E-state index is 11.1. The summed E-state index contributed by atoms with van der Waals surface area (Å²) in [6, 6.07) is 14.9. The van der Waals surface area contributed by atoms with Gasteiger partial charge in [0.1, 0.15) is 0 Å². The molecule has 0 bridgehead atoms. The Kier molecular flexibility index (Phi) is 4.65. The van der Waals surface area contributed by atoms with E-state index < -0.39 is 6.10 Å². The second kappa shape index (κ2) is 6.75. The summed E-state index contributed by atoms with van der Waals surface area (Å²) in [5.41, 5.74) is 1.02. The number of piperidine rings is 1. The van der Waals surface area contributed by atoms with Crippen molar-refractivity contribution in [3.8, 4) is 0 Å². The van der Waals surface area contributed by atoms with E-state index in [4.69, 9.17) is 0 Å². The monoisotopic (exact) mass is 447 g/mol. The second-order valence-electron chi connectivity index (χ2n) is 6.52. The van der Waals surface area contributed by atoms with Gasteiger partial charge < -0.3 is 10.4 Å². The molecule has 2 atom stereocenters. The van der Waals surface area contributed by atoms with Crippen molar-refractivity contribution in [1.82, 2.24) is 5.32 Å². The first-order valence-corrected chi connectivity index (χ1v) is 9.95. The number of fused-ring (bicyclic) bond motifs is 3. The summed E-state index contributed by atoms with van der Waals surface area (Å²) in [6.45, 7) is 0.990. The molecular formula is C20H19Br2NO. The van der Waals surface area contributed by atoms with Crippen molar-refractivity contribution in [2.75, 3.05) is 6.54 Å². The Balaban J connectivity index is 1.95. The minimum atomic E-state index is -0.489. The first-order valence-electron chi connectivity index (χ1n) is 8.36. The van der Waals surface area contributed by atoms with Crippen LogP contribution in [0.25, 0.3) is 21.5 Å². The van der Waals surface area contributed by atoms with Gasteiger partial charge in [-0.15, -0.1) is 0 Å². The molecule has 0 unspecified atom stereocenters. The Morgan fingerprint density at radius 1 is 0.917 bits per heavy atom. The first kappa shape index (κ1) is 16.5. The van der Waals surface area contributed by atoms with E-state index in [1.807, 2.05) is 0 Å². The van der Waals surface area contributed by atoms with Crippen molar-refractivity contribution in [3.63, 3.8) is 0 Å². The van der Waals surface area contributed by atoms with E-state index in [0.717, 1.165) is 38.2 Å². The van der Waals surface area contributed by atoms with E-state index in [1.165, 1.54) is 23.6 Å². The molecule has 1 saturated heterocycles. The normalized spacial score (nSPS) is 19.7. The lowest BCUT2D eigenvalue weighted by Gasteiger charge is -2.29. The van der Waals surface area contributed by atoms with Crippen molar-refractivity contribution in [1.29, 1.82) is 0 Å². The quantitative estimate of drug-likeness (QED) is 0.493. The van der Waals surface area contributed by atoms with Crippen LogP contribution in [0.15, 0.2) is 51.4 Å². The van der Waals surface area contributed by atoms with Gasteiger partial charge in [-0.2, -0.15) is 0 Å². The summed E-state index contributed by atoms with van der Waals surface area (Å²) >= 11 is 7.15. The van der Waals surface area contributed by atoms with Gasteiger partial charge in [-0.1, -0.05) is 50.4 Å². The largest absolute Gasteiger partial charge is 0.387 e. The topological polar surface area (TPSA) is 32.3 Å². The third kappa shape index (κ3) is 3.01. The zero-order valence-corrected chi connectivity index (χ0v) is 16.4. The Hall–Kier alpha value is -0.940. The number of benzene rings is 3. The number of hydrogen-bond acceptors (Lipinski definition) is 2. The van der Waals surface area contributed by atoms with Gasteiger partial charge in [0.15, 0.2) is 0 Å². The van der Waals surface area contributed by atoms with Gasteiger partial charge in [-0.3, -0.25) is 0 Å². The number of nitrogens with one attached hydrogen (secondary N) is 1. The fraction of sp³-hybridized carbons (Fsp3) is 0.300. The molecule has 0 saturated carbocycles.